The summed E-state index contributed by atoms with van der Waals surface area (Å²) < 4.78 is 6.32. The number of carbonyl (C=O) groups excluding carboxylic acids is 1. The lowest BCUT2D eigenvalue weighted by molar-refractivity contribution is -0.192. The fourth-order valence-corrected chi connectivity index (χ4v) is 8.61. The van der Waals surface area contributed by atoms with Crippen molar-refractivity contribution in [3.8, 4) is 0 Å². The zero-order valence-electron chi connectivity index (χ0n) is 18.3. The van der Waals surface area contributed by atoms with E-state index in [0.29, 0.717) is 11.8 Å². The Labute approximate surface area is 167 Å². The minimum atomic E-state index is 0.0591. The Morgan fingerprint density at radius 3 is 2.56 bits per heavy atom. The molecule has 0 heterocycles. The first kappa shape index (κ1) is 19.8. The quantitative estimate of drug-likeness (QED) is 0.508. The molecule has 2 heteroatoms. The van der Waals surface area contributed by atoms with Crippen LogP contribution in [-0.4, -0.2) is 12.1 Å². The molecule has 0 saturated heterocycles. The van der Waals surface area contributed by atoms with Gasteiger partial charge in [-0.3, -0.25) is 4.79 Å². The summed E-state index contributed by atoms with van der Waals surface area (Å²) in [5.41, 5.74) is 0.722. The summed E-state index contributed by atoms with van der Waals surface area (Å²) in [6.07, 6.45) is 15.4. The number of rotatable bonds is 4. The number of hydrogen-bond donors (Lipinski definition) is 0. The molecule has 0 spiro atoms. The van der Waals surface area contributed by atoms with Gasteiger partial charge in [0, 0.05) is 11.8 Å². The van der Waals surface area contributed by atoms with Crippen LogP contribution < -0.4 is 0 Å². The van der Waals surface area contributed by atoms with Gasteiger partial charge in [0.25, 0.3) is 0 Å². The summed E-state index contributed by atoms with van der Waals surface area (Å²) in [6.45, 7) is 9.57. The standard InChI is InChI=1S/C25H42O2/c1-5-9-23(26)27-22-16-21-19(20-14-12-17(6-2)25(20,22)4)13-11-18-10-7-8-15-24(18,21)3/h17-22H,5-16H2,1-4H3/t17-,18+,19-,20-,21-,22+,24-,25+/m0/s1. The van der Waals surface area contributed by atoms with Gasteiger partial charge in [-0.05, 0) is 86.4 Å². The summed E-state index contributed by atoms with van der Waals surface area (Å²) in [7, 11) is 0. The second kappa shape index (κ2) is 7.38. The average Bonchev–Trinajstić information content (AvgIpc) is 3.00. The van der Waals surface area contributed by atoms with E-state index in [9.17, 15) is 4.79 Å². The van der Waals surface area contributed by atoms with Crippen LogP contribution in [0.2, 0.25) is 0 Å². The molecule has 4 saturated carbocycles. The molecule has 27 heavy (non-hydrogen) atoms. The van der Waals surface area contributed by atoms with Crippen LogP contribution in [0.15, 0.2) is 0 Å². The van der Waals surface area contributed by atoms with E-state index in [1.165, 1.54) is 57.8 Å². The molecule has 0 aromatic carbocycles. The van der Waals surface area contributed by atoms with Crippen molar-refractivity contribution in [2.45, 2.75) is 111 Å². The van der Waals surface area contributed by atoms with Gasteiger partial charge < -0.3 is 4.74 Å². The summed E-state index contributed by atoms with van der Waals surface area (Å²) >= 11 is 0. The van der Waals surface area contributed by atoms with Crippen LogP contribution in [-0.2, 0) is 9.53 Å². The first-order chi connectivity index (χ1) is 12.9. The molecule has 2 nitrogen and oxygen atoms in total. The third-order valence-electron chi connectivity index (χ3n) is 10.1. The molecular weight excluding hydrogens is 332 g/mol. The Kier molecular flexibility index (Phi) is 5.40. The van der Waals surface area contributed by atoms with Gasteiger partial charge in [0.05, 0.1) is 0 Å². The van der Waals surface area contributed by atoms with Crippen molar-refractivity contribution in [3.05, 3.63) is 0 Å². The van der Waals surface area contributed by atoms with E-state index in [4.69, 9.17) is 4.74 Å². The van der Waals surface area contributed by atoms with Gasteiger partial charge in [-0.25, -0.2) is 0 Å². The highest BCUT2D eigenvalue weighted by molar-refractivity contribution is 5.69. The molecule has 0 N–H and O–H groups in total. The molecule has 4 aliphatic rings. The van der Waals surface area contributed by atoms with E-state index < -0.39 is 0 Å². The molecular formula is C25H42O2. The fourth-order valence-electron chi connectivity index (χ4n) is 8.61. The van der Waals surface area contributed by atoms with Crippen LogP contribution in [0.1, 0.15) is 105 Å². The van der Waals surface area contributed by atoms with Crippen LogP contribution in [0, 0.1) is 40.4 Å². The van der Waals surface area contributed by atoms with E-state index >= 15 is 0 Å². The summed E-state index contributed by atoms with van der Waals surface area (Å²) in [4.78, 5) is 12.5. The van der Waals surface area contributed by atoms with Gasteiger partial charge in [0.15, 0.2) is 0 Å². The Morgan fingerprint density at radius 1 is 1.00 bits per heavy atom. The Morgan fingerprint density at radius 2 is 1.81 bits per heavy atom. The highest BCUT2D eigenvalue weighted by Crippen LogP contribution is 2.68. The Balaban J connectivity index is 1.66. The molecule has 0 aromatic rings. The van der Waals surface area contributed by atoms with Gasteiger partial charge in [0.2, 0.25) is 0 Å². The van der Waals surface area contributed by atoms with Crippen molar-refractivity contribution < 1.29 is 9.53 Å². The predicted octanol–water partition coefficient (Wildman–Crippen LogP) is 6.77. The number of esters is 1. The fraction of sp³-hybridized carbons (Fsp3) is 0.960. The van der Waals surface area contributed by atoms with Crippen molar-refractivity contribution in [2.24, 2.45) is 40.4 Å². The van der Waals surface area contributed by atoms with Crippen LogP contribution in [0.25, 0.3) is 0 Å². The molecule has 0 aliphatic heterocycles. The maximum absolute atomic E-state index is 12.5. The van der Waals surface area contributed by atoms with E-state index in [-0.39, 0.29) is 17.5 Å². The normalized spacial score (nSPS) is 49.0. The lowest BCUT2D eigenvalue weighted by Gasteiger charge is -2.62. The van der Waals surface area contributed by atoms with E-state index in [2.05, 4.69) is 27.7 Å². The van der Waals surface area contributed by atoms with Crippen molar-refractivity contribution in [1.29, 1.82) is 0 Å². The summed E-state index contributed by atoms with van der Waals surface area (Å²) in [6, 6.07) is 0. The van der Waals surface area contributed by atoms with E-state index in [1.807, 2.05) is 0 Å². The topological polar surface area (TPSA) is 26.3 Å². The lowest BCUT2D eigenvalue weighted by Crippen LogP contribution is -2.58. The maximum Gasteiger partial charge on any atom is 0.306 e. The largest absolute Gasteiger partial charge is 0.462 e. The number of ether oxygens (including phenoxy) is 1. The molecule has 0 unspecified atom stereocenters. The third-order valence-corrected chi connectivity index (χ3v) is 10.1. The first-order valence-electron chi connectivity index (χ1n) is 12.1. The Hall–Kier alpha value is -0.530. The minimum Gasteiger partial charge on any atom is -0.462 e. The van der Waals surface area contributed by atoms with E-state index in [0.717, 1.165) is 42.4 Å². The van der Waals surface area contributed by atoms with Crippen LogP contribution >= 0.6 is 0 Å². The maximum atomic E-state index is 12.5. The number of hydrogen-bond acceptors (Lipinski definition) is 2. The van der Waals surface area contributed by atoms with Gasteiger partial charge >= 0.3 is 5.97 Å². The first-order valence-corrected chi connectivity index (χ1v) is 12.1. The SMILES string of the molecule is CCCC(=O)O[C@@H]1C[C@H]2[C@@H](CC[C@H]3CCCC[C@@]32C)[C@@H]2CC[C@H](CC)[C@@]12C. The highest BCUT2D eigenvalue weighted by atomic mass is 16.5. The van der Waals surface area contributed by atoms with Crippen molar-refractivity contribution >= 4 is 5.97 Å². The van der Waals surface area contributed by atoms with Crippen LogP contribution in [0.5, 0.6) is 0 Å². The van der Waals surface area contributed by atoms with Gasteiger partial charge in [-0.15, -0.1) is 0 Å². The average molecular weight is 375 g/mol. The number of carbonyl (C=O) groups is 1. The predicted molar refractivity (Wildman–Crippen MR) is 110 cm³/mol. The smallest absolute Gasteiger partial charge is 0.306 e. The molecule has 4 aliphatic carbocycles. The van der Waals surface area contributed by atoms with Crippen LogP contribution in [0.3, 0.4) is 0 Å². The highest BCUT2D eigenvalue weighted by Gasteiger charge is 2.63. The van der Waals surface area contributed by atoms with Crippen molar-refractivity contribution in [1.82, 2.24) is 0 Å². The Bertz CT molecular complexity index is 557. The molecule has 4 fully saturated rings. The lowest BCUT2D eigenvalue weighted by atomic mass is 9.44. The second-order valence-electron chi connectivity index (χ2n) is 10.9. The zero-order chi connectivity index (χ0) is 19.2. The van der Waals surface area contributed by atoms with E-state index in [1.54, 1.807) is 0 Å². The monoisotopic (exact) mass is 374 g/mol. The molecule has 0 bridgehead atoms. The zero-order valence-corrected chi connectivity index (χ0v) is 18.3. The molecule has 0 amide bonds. The van der Waals surface area contributed by atoms with Gasteiger partial charge in [0.1, 0.15) is 6.10 Å². The molecule has 154 valence electrons. The van der Waals surface area contributed by atoms with Crippen LogP contribution in [0.4, 0.5) is 0 Å². The number of fused-ring (bicyclic) bond motifs is 5. The summed E-state index contributed by atoms with van der Waals surface area (Å²) in [5, 5.41) is 0. The molecule has 0 aromatic heterocycles. The molecule has 4 rings (SSSR count). The minimum absolute atomic E-state index is 0.0591. The molecule has 0 radical (unpaired) electrons. The van der Waals surface area contributed by atoms with Gasteiger partial charge in [-0.2, -0.15) is 0 Å². The van der Waals surface area contributed by atoms with Crippen molar-refractivity contribution in [3.63, 3.8) is 0 Å². The second-order valence-corrected chi connectivity index (χ2v) is 10.9. The summed E-state index contributed by atoms with van der Waals surface area (Å²) in [5.74, 6) is 4.16. The third kappa shape index (κ3) is 2.99. The molecule has 8 atom stereocenters. The van der Waals surface area contributed by atoms with Crippen molar-refractivity contribution in [2.75, 3.05) is 0 Å². The van der Waals surface area contributed by atoms with Gasteiger partial charge in [-0.1, -0.05) is 47.0 Å².